The Morgan fingerprint density at radius 1 is 1.32 bits per heavy atom. The molecule has 0 radical (unpaired) electrons. The van der Waals surface area contributed by atoms with Gasteiger partial charge in [0.05, 0.1) is 18.6 Å². The topological polar surface area (TPSA) is 89.3 Å². The fourth-order valence-electron chi connectivity index (χ4n) is 2.48. The third kappa shape index (κ3) is 2.93. The summed E-state index contributed by atoms with van der Waals surface area (Å²) in [4.78, 5) is 12.0. The molecule has 1 aromatic heterocycles. The van der Waals surface area contributed by atoms with E-state index in [1.807, 2.05) is 0 Å². The number of aromatic nitrogens is 2. The van der Waals surface area contributed by atoms with E-state index in [4.69, 9.17) is 9.15 Å². The van der Waals surface area contributed by atoms with Gasteiger partial charge in [-0.3, -0.25) is 10.1 Å². The summed E-state index contributed by atoms with van der Waals surface area (Å²) in [5.41, 5.74) is 0. The van der Waals surface area contributed by atoms with Gasteiger partial charge in [-0.25, -0.2) is 0 Å². The lowest BCUT2D eigenvalue weighted by atomic mass is 10.0. The lowest BCUT2D eigenvalue weighted by molar-refractivity contribution is -0.123. The van der Waals surface area contributed by atoms with Gasteiger partial charge in [0.1, 0.15) is 0 Å². The maximum absolute atomic E-state index is 12.0. The van der Waals surface area contributed by atoms with Gasteiger partial charge in [-0.15, -0.1) is 5.10 Å². The predicted molar refractivity (Wildman–Crippen MR) is 66.4 cm³/mol. The molecule has 0 bridgehead atoms. The second-order valence-corrected chi connectivity index (χ2v) is 5.00. The van der Waals surface area contributed by atoms with Crippen LogP contribution in [0.5, 0.6) is 0 Å². The first kappa shape index (κ1) is 12.6. The minimum absolute atomic E-state index is 0.103. The van der Waals surface area contributed by atoms with Crippen molar-refractivity contribution in [2.75, 3.05) is 25.1 Å². The van der Waals surface area contributed by atoms with Crippen molar-refractivity contribution in [1.29, 1.82) is 0 Å². The van der Waals surface area contributed by atoms with Gasteiger partial charge in [-0.05, 0) is 32.2 Å². The minimum atomic E-state index is -0.117. The lowest BCUT2D eigenvalue weighted by Crippen LogP contribution is -2.30. The minimum Gasteiger partial charge on any atom is -0.406 e. The average molecular weight is 266 g/mol. The van der Waals surface area contributed by atoms with E-state index < -0.39 is 0 Å². The van der Waals surface area contributed by atoms with Crippen molar-refractivity contribution in [3.05, 3.63) is 5.89 Å². The smallest absolute Gasteiger partial charge is 0.322 e. The number of ether oxygens (including phenoxy) is 1. The number of hydrogen-bond donors (Lipinski definition) is 2. The van der Waals surface area contributed by atoms with Crippen molar-refractivity contribution < 1.29 is 13.9 Å². The average Bonchev–Trinajstić information content (AvgIpc) is 3.10. The van der Waals surface area contributed by atoms with E-state index in [-0.39, 0.29) is 23.9 Å². The molecule has 19 heavy (non-hydrogen) atoms. The zero-order valence-corrected chi connectivity index (χ0v) is 10.7. The largest absolute Gasteiger partial charge is 0.406 e. The van der Waals surface area contributed by atoms with Gasteiger partial charge in [0.2, 0.25) is 11.8 Å². The number of nitrogens with zero attached hydrogens (tertiary/aromatic N) is 2. The summed E-state index contributed by atoms with van der Waals surface area (Å²) in [5, 5.41) is 13.8. The fraction of sp³-hybridized carbons (Fsp3) is 0.750. The summed E-state index contributed by atoms with van der Waals surface area (Å²) in [7, 11) is 0. The molecule has 2 saturated heterocycles. The van der Waals surface area contributed by atoms with Crippen LogP contribution >= 0.6 is 0 Å². The summed E-state index contributed by atoms with van der Waals surface area (Å²) in [6.07, 6.45) is 3.86. The van der Waals surface area contributed by atoms with E-state index >= 15 is 0 Å². The van der Waals surface area contributed by atoms with E-state index in [9.17, 15) is 4.79 Å². The van der Waals surface area contributed by atoms with Crippen molar-refractivity contribution in [2.45, 2.75) is 31.7 Å². The number of rotatable bonds is 3. The summed E-state index contributed by atoms with van der Waals surface area (Å²) < 4.78 is 10.8. The highest BCUT2D eigenvalue weighted by molar-refractivity contribution is 5.90. The second kappa shape index (κ2) is 5.66. The van der Waals surface area contributed by atoms with Gasteiger partial charge in [0.25, 0.3) is 0 Å². The molecule has 0 aromatic carbocycles. The number of carbonyl (C=O) groups excluding carboxylic acids is 1. The van der Waals surface area contributed by atoms with Crippen LogP contribution in [0.4, 0.5) is 6.01 Å². The normalized spacial score (nSPS) is 27.4. The molecule has 1 amide bonds. The van der Waals surface area contributed by atoms with Crippen LogP contribution in [-0.2, 0) is 9.53 Å². The molecule has 104 valence electrons. The van der Waals surface area contributed by atoms with E-state index in [0.29, 0.717) is 12.5 Å². The molecule has 2 atom stereocenters. The van der Waals surface area contributed by atoms with Crippen LogP contribution in [0, 0.1) is 5.92 Å². The summed E-state index contributed by atoms with van der Waals surface area (Å²) in [6.45, 7) is 2.17. The Balaban J connectivity index is 1.58. The monoisotopic (exact) mass is 266 g/mol. The highest BCUT2D eigenvalue weighted by atomic mass is 16.5. The van der Waals surface area contributed by atoms with Crippen LogP contribution in [0.1, 0.15) is 37.6 Å². The Labute approximate surface area is 111 Å². The van der Waals surface area contributed by atoms with Crippen LogP contribution in [0.15, 0.2) is 4.42 Å². The van der Waals surface area contributed by atoms with E-state index in [2.05, 4.69) is 20.8 Å². The first-order valence-corrected chi connectivity index (χ1v) is 6.78. The summed E-state index contributed by atoms with van der Waals surface area (Å²) >= 11 is 0. The Morgan fingerprint density at radius 3 is 3.00 bits per heavy atom. The quantitative estimate of drug-likeness (QED) is 0.843. The molecule has 2 aliphatic heterocycles. The van der Waals surface area contributed by atoms with Crippen LogP contribution in [0.3, 0.4) is 0 Å². The van der Waals surface area contributed by atoms with Gasteiger partial charge in [-0.1, -0.05) is 5.10 Å². The molecule has 0 saturated carbocycles. The molecular weight excluding hydrogens is 248 g/mol. The van der Waals surface area contributed by atoms with Crippen molar-refractivity contribution in [1.82, 2.24) is 15.5 Å². The Bertz CT molecular complexity index is 436. The molecule has 7 heteroatoms. The highest BCUT2D eigenvalue weighted by Gasteiger charge is 2.25. The van der Waals surface area contributed by atoms with Crippen molar-refractivity contribution in [2.24, 2.45) is 5.92 Å². The van der Waals surface area contributed by atoms with Gasteiger partial charge in [0.15, 0.2) is 0 Å². The van der Waals surface area contributed by atoms with Crippen molar-refractivity contribution in [3.8, 4) is 0 Å². The Kier molecular flexibility index (Phi) is 3.74. The van der Waals surface area contributed by atoms with E-state index in [1.54, 1.807) is 0 Å². The molecule has 2 fully saturated rings. The highest BCUT2D eigenvalue weighted by Crippen LogP contribution is 2.23. The number of nitrogens with one attached hydrogen (secondary N) is 2. The van der Waals surface area contributed by atoms with E-state index in [1.165, 1.54) is 0 Å². The third-order valence-corrected chi connectivity index (χ3v) is 3.56. The summed E-state index contributed by atoms with van der Waals surface area (Å²) in [6, 6.07) is 0.301. The number of anilines is 1. The number of hydrogen-bond acceptors (Lipinski definition) is 6. The molecule has 1 aromatic rings. The second-order valence-electron chi connectivity index (χ2n) is 5.00. The van der Waals surface area contributed by atoms with Crippen LogP contribution in [0.2, 0.25) is 0 Å². The SMILES string of the molecule is O=C(Nc1nnc(C2CCCN2)o1)C1CCCOC1. The standard InChI is InChI=1S/C12H18N4O3/c17-10(8-3-2-6-18-7-8)14-12-16-15-11(19-12)9-4-1-5-13-9/h8-9,13H,1-7H2,(H,14,16,17). The van der Waals surface area contributed by atoms with Crippen molar-refractivity contribution >= 4 is 11.9 Å². The maximum Gasteiger partial charge on any atom is 0.322 e. The van der Waals surface area contributed by atoms with Crippen LogP contribution < -0.4 is 10.6 Å². The molecule has 2 aliphatic rings. The first-order valence-electron chi connectivity index (χ1n) is 6.78. The molecule has 3 heterocycles. The molecule has 3 rings (SSSR count). The zero-order valence-electron chi connectivity index (χ0n) is 10.7. The van der Waals surface area contributed by atoms with Gasteiger partial charge in [-0.2, -0.15) is 0 Å². The number of carbonyl (C=O) groups is 1. The van der Waals surface area contributed by atoms with Gasteiger partial charge >= 0.3 is 6.01 Å². The third-order valence-electron chi connectivity index (χ3n) is 3.56. The Hall–Kier alpha value is -1.47. The van der Waals surface area contributed by atoms with Crippen LogP contribution in [0.25, 0.3) is 0 Å². The molecule has 0 aliphatic carbocycles. The predicted octanol–water partition coefficient (Wildman–Crippen LogP) is 0.859. The van der Waals surface area contributed by atoms with Gasteiger partial charge in [0, 0.05) is 6.61 Å². The summed E-state index contributed by atoms with van der Waals surface area (Å²) in [5.74, 6) is 0.329. The van der Waals surface area contributed by atoms with Crippen molar-refractivity contribution in [3.63, 3.8) is 0 Å². The molecule has 7 nitrogen and oxygen atoms in total. The molecule has 2 unspecified atom stereocenters. The lowest BCUT2D eigenvalue weighted by Gasteiger charge is -2.20. The zero-order chi connectivity index (χ0) is 13.1. The number of amides is 1. The van der Waals surface area contributed by atoms with E-state index in [0.717, 1.165) is 38.8 Å². The fourth-order valence-corrected chi connectivity index (χ4v) is 2.48. The van der Waals surface area contributed by atoms with Gasteiger partial charge < -0.3 is 14.5 Å². The Morgan fingerprint density at radius 2 is 2.26 bits per heavy atom. The first-order chi connectivity index (χ1) is 9.33. The molecule has 0 spiro atoms. The van der Waals surface area contributed by atoms with Crippen LogP contribution in [-0.4, -0.2) is 35.9 Å². The molecular formula is C12H18N4O3. The maximum atomic E-state index is 12.0. The molecule has 2 N–H and O–H groups in total.